The highest BCUT2D eigenvalue weighted by Crippen LogP contribution is 2.28. The van der Waals surface area contributed by atoms with Crippen LogP contribution in [0.3, 0.4) is 0 Å². The van der Waals surface area contributed by atoms with Crippen LogP contribution in [0.15, 0.2) is 48.5 Å². The number of nitrogens with zero attached hydrogens (tertiary/aromatic N) is 1. The third-order valence-electron chi connectivity index (χ3n) is 3.89. The van der Waals surface area contributed by atoms with Gasteiger partial charge in [0.1, 0.15) is 15.7 Å². The summed E-state index contributed by atoms with van der Waals surface area (Å²) in [4.78, 5) is 29.5. The summed E-state index contributed by atoms with van der Waals surface area (Å²) in [5.41, 5.74) is 2.20. The number of nitrogens with one attached hydrogen (secondary N) is 1. The first-order chi connectivity index (χ1) is 13.5. The monoisotopic (exact) mass is 398 g/mol. The summed E-state index contributed by atoms with van der Waals surface area (Å²) in [7, 11) is 0. The fraction of sp³-hybridized carbons (Fsp3) is 0.190. The van der Waals surface area contributed by atoms with Crippen molar-refractivity contribution in [3.05, 3.63) is 70.5 Å². The first-order valence-electron chi connectivity index (χ1n) is 8.80. The van der Waals surface area contributed by atoms with E-state index >= 15 is 0 Å². The predicted octanol–water partition coefficient (Wildman–Crippen LogP) is 5.08. The summed E-state index contributed by atoms with van der Waals surface area (Å²) in [6.07, 6.45) is 0.739. The molecule has 28 heavy (non-hydrogen) atoms. The standard InChI is InChI=1S/C21H19FN2O3S/c1-3-11-27-21(26)15-5-4-6-17(12-15)24-19(25)18-13(2)23-20(28-18)14-7-9-16(22)10-8-14/h4-10,12H,3,11H2,1-2H3,(H,24,25). The molecule has 1 N–H and O–H groups in total. The van der Waals surface area contributed by atoms with Gasteiger partial charge in [-0.15, -0.1) is 11.3 Å². The van der Waals surface area contributed by atoms with E-state index in [2.05, 4.69) is 10.3 Å². The molecule has 0 spiro atoms. The fourth-order valence-corrected chi connectivity index (χ4v) is 3.48. The molecule has 0 saturated carbocycles. The van der Waals surface area contributed by atoms with E-state index in [0.29, 0.717) is 33.4 Å². The van der Waals surface area contributed by atoms with E-state index in [1.165, 1.54) is 23.5 Å². The van der Waals surface area contributed by atoms with Crippen LogP contribution in [0.25, 0.3) is 10.6 Å². The Morgan fingerprint density at radius 2 is 1.93 bits per heavy atom. The number of aromatic nitrogens is 1. The summed E-state index contributed by atoms with van der Waals surface area (Å²) in [5.74, 6) is -1.07. The van der Waals surface area contributed by atoms with Crippen LogP contribution in [0.5, 0.6) is 0 Å². The lowest BCUT2D eigenvalue weighted by Crippen LogP contribution is -2.12. The molecule has 3 aromatic rings. The van der Waals surface area contributed by atoms with Gasteiger partial charge in [0.2, 0.25) is 0 Å². The van der Waals surface area contributed by atoms with Gasteiger partial charge in [-0.2, -0.15) is 0 Å². The molecule has 0 bridgehead atoms. The number of halogens is 1. The van der Waals surface area contributed by atoms with Gasteiger partial charge in [0.05, 0.1) is 17.9 Å². The molecular weight excluding hydrogens is 379 g/mol. The number of esters is 1. The number of hydrogen-bond donors (Lipinski definition) is 1. The van der Waals surface area contributed by atoms with Crippen LogP contribution < -0.4 is 5.32 Å². The Hall–Kier alpha value is -3.06. The lowest BCUT2D eigenvalue weighted by atomic mass is 10.2. The zero-order valence-corrected chi connectivity index (χ0v) is 16.3. The van der Waals surface area contributed by atoms with Crippen LogP contribution in [-0.4, -0.2) is 23.5 Å². The summed E-state index contributed by atoms with van der Waals surface area (Å²) >= 11 is 1.23. The second kappa shape index (κ2) is 8.75. The largest absolute Gasteiger partial charge is 0.462 e. The van der Waals surface area contributed by atoms with Crippen LogP contribution in [0, 0.1) is 12.7 Å². The molecule has 0 atom stereocenters. The van der Waals surface area contributed by atoms with E-state index in [9.17, 15) is 14.0 Å². The SMILES string of the molecule is CCCOC(=O)c1cccc(NC(=O)c2sc(-c3ccc(F)cc3)nc2C)c1. The molecule has 7 heteroatoms. The fourth-order valence-electron chi connectivity index (χ4n) is 2.51. The Labute approximate surface area is 166 Å². The highest BCUT2D eigenvalue weighted by molar-refractivity contribution is 7.17. The number of carbonyl (C=O) groups excluding carboxylic acids is 2. The third-order valence-corrected chi connectivity index (χ3v) is 5.09. The van der Waals surface area contributed by atoms with Gasteiger partial charge in [-0.25, -0.2) is 14.2 Å². The topological polar surface area (TPSA) is 68.3 Å². The molecule has 0 radical (unpaired) electrons. The number of aryl methyl sites for hydroxylation is 1. The van der Waals surface area contributed by atoms with Gasteiger partial charge < -0.3 is 10.1 Å². The quantitative estimate of drug-likeness (QED) is 0.588. The highest BCUT2D eigenvalue weighted by Gasteiger charge is 2.17. The van der Waals surface area contributed by atoms with Crippen molar-refractivity contribution in [3.63, 3.8) is 0 Å². The molecule has 0 unspecified atom stereocenters. The van der Waals surface area contributed by atoms with Crippen molar-refractivity contribution >= 4 is 28.9 Å². The van der Waals surface area contributed by atoms with Gasteiger partial charge in [0.15, 0.2) is 0 Å². The van der Waals surface area contributed by atoms with E-state index in [4.69, 9.17) is 4.74 Å². The lowest BCUT2D eigenvalue weighted by Gasteiger charge is -2.07. The molecule has 1 amide bonds. The molecule has 2 aromatic carbocycles. The minimum absolute atomic E-state index is 0.317. The van der Waals surface area contributed by atoms with Crippen molar-refractivity contribution in [2.24, 2.45) is 0 Å². The first-order valence-corrected chi connectivity index (χ1v) is 9.61. The van der Waals surface area contributed by atoms with E-state index < -0.39 is 5.97 Å². The summed E-state index contributed by atoms with van der Waals surface area (Å²) in [6, 6.07) is 12.6. The van der Waals surface area contributed by atoms with Gasteiger partial charge in [-0.3, -0.25) is 4.79 Å². The Morgan fingerprint density at radius 1 is 1.18 bits per heavy atom. The van der Waals surface area contributed by atoms with Crippen LogP contribution in [0.1, 0.15) is 39.1 Å². The Morgan fingerprint density at radius 3 is 2.64 bits per heavy atom. The predicted molar refractivity (Wildman–Crippen MR) is 107 cm³/mol. The van der Waals surface area contributed by atoms with Crippen LogP contribution in [0.4, 0.5) is 10.1 Å². The van der Waals surface area contributed by atoms with E-state index in [0.717, 1.165) is 12.0 Å². The minimum Gasteiger partial charge on any atom is -0.462 e. The van der Waals surface area contributed by atoms with E-state index in [1.807, 2.05) is 6.92 Å². The summed E-state index contributed by atoms with van der Waals surface area (Å²) in [6.45, 7) is 4.01. The molecule has 0 aliphatic heterocycles. The molecular formula is C21H19FN2O3S. The first kappa shape index (κ1) is 19.7. The van der Waals surface area contributed by atoms with Gasteiger partial charge >= 0.3 is 5.97 Å². The van der Waals surface area contributed by atoms with Crippen molar-refractivity contribution in [1.29, 1.82) is 0 Å². The molecule has 5 nitrogen and oxygen atoms in total. The number of thiazole rings is 1. The van der Waals surface area contributed by atoms with Crippen molar-refractivity contribution in [3.8, 4) is 10.6 Å². The molecule has 0 aliphatic carbocycles. The van der Waals surface area contributed by atoms with E-state index in [1.54, 1.807) is 43.3 Å². The van der Waals surface area contributed by atoms with Crippen LogP contribution in [-0.2, 0) is 4.74 Å². The number of rotatable bonds is 6. The van der Waals surface area contributed by atoms with Crippen molar-refractivity contribution < 1.29 is 18.7 Å². The molecule has 1 aromatic heterocycles. The van der Waals surface area contributed by atoms with Gasteiger partial charge in [-0.1, -0.05) is 13.0 Å². The minimum atomic E-state index is -0.425. The molecule has 3 rings (SSSR count). The van der Waals surface area contributed by atoms with Gasteiger partial charge in [-0.05, 0) is 55.8 Å². The number of hydrogen-bond acceptors (Lipinski definition) is 5. The maximum atomic E-state index is 13.1. The van der Waals surface area contributed by atoms with Crippen molar-refractivity contribution in [2.75, 3.05) is 11.9 Å². The molecule has 0 fully saturated rings. The number of anilines is 1. The summed E-state index contributed by atoms with van der Waals surface area (Å²) < 4.78 is 18.2. The van der Waals surface area contributed by atoms with Crippen LogP contribution >= 0.6 is 11.3 Å². The summed E-state index contributed by atoms with van der Waals surface area (Å²) in [5, 5.41) is 3.43. The number of ether oxygens (including phenoxy) is 1. The second-order valence-electron chi connectivity index (χ2n) is 6.11. The van der Waals surface area contributed by atoms with E-state index in [-0.39, 0.29) is 11.7 Å². The molecule has 0 saturated heterocycles. The highest BCUT2D eigenvalue weighted by atomic mass is 32.1. The maximum absolute atomic E-state index is 13.1. The Bertz CT molecular complexity index is 999. The second-order valence-corrected chi connectivity index (χ2v) is 7.11. The third kappa shape index (κ3) is 4.61. The number of amides is 1. The average Bonchev–Trinajstić information content (AvgIpc) is 3.08. The number of carbonyl (C=O) groups is 2. The Kier molecular flexibility index (Phi) is 6.16. The van der Waals surface area contributed by atoms with Crippen molar-refractivity contribution in [2.45, 2.75) is 20.3 Å². The molecule has 0 aliphatic rings. The zero-order chi connectivity index (χ0) is 20.1. The smallest absolute Gasteiger partial charge is 0.338 e. The van der Waals surface area contributed by atoms with Crippen molar-refractivity contribution in [1.82, 2.24) is 4.98 Å². The van der Waals surface area contributed by atoms with Crippen LogP contribution in [0.2, 0.25) is 0 Å². The average molecular weight is 398 g/mol. The molecule has 1 heterocycles. The Balaban J connectivity index is 1.76. The normalized spacial score (nSPS) is 10.5. The van der Waals surface area contributed by atoms with Gasteiger partial charge in [0.25, 0.3) is 5.91 Å². The maximum Gasteiger partial charge on any atom is 0.338 e. The van der Waals surface area contributed by atoms with Gasteiger partial charge in [0, 0.05) is 11.3 Å². The lowest BCUT2D eigenvalue weighted by molar-refractivity contribution is 0.0505. The zero-order valence-electron chi connectivity index (χ0n) is 15.5. The number of benzene rings is 2. The molecule has 144 valence electrons.